The van der Waals surface area contributed by atoms with Gasteiger partial charge in [-0.15, -0.1) is 0 Å². The summed E-state index contributed by atoms with van der Waals surface area (Å²) >= 11 is 0. The molecule has 0 aliphatic carbocycles. The highest BCUT2D eigenvalue weighted by Gasteiger charge is 2.09. The van der Waals surface area contributed by atoms with Crippen molar-refractivity contribution in [2.24, 2.45) is 0 Å². The molecule has 0 fully saturated rings. The molecule has 0 atom stereocenters. The molecule has 176 valence electrons. The lowest BCUT2D eigenvalue weighted by atomic mass is 10.1. The first kappa shape index (κ1) is 21.6. The molecule has 0 aliphatic heterocycles. The monoisotopic (exact) mass is 472 g/mol. The van der Waals surface area contributed by atoms with Crippen LogP contribution < -0.4 is 10.6 Å². The molecule has 6 aromatic rings. The van der Waals surface area contributed by atoms with Crippen LogP contribution in [0.1, 0.15) is 22.8 Å². The molecule has 2 aromatic heterocycles. The number of rotatable bonds is 6. The third kappa shape index (κ3) is 4.81. The number of fused-ring (bicyclic) bond motifs is 2. The van der Waals surface area contributed by atoms with Gasteiger partial charge in [0.2, 0.25) is 0 Å². The number of amides is 2. The third-order valence-electron chi connectivity index (χ3n) is 6.01. The lowest BCUT2D eigenvalue weighted by molar-refractivity contribution is 0.262. The number of anilines is 2. The zero-order valence-electron chi connectivity index (χ0n) is 19.5. The van der Waals surface area contributed by atoms with E-state index in [-0.39, 0.29) is 6.03 Å². The minimum absolute atomic E-state index is 0.318. The van der Waals surface area contributed by atoms with Gasteiger partial charge in [0.05, 0.1) is 22.1 Å². The highest BCUT2D eigenvalue weighted by molar-refractivity contribution is 6.01. The van der Waals surface area contributed by atoms with E-state index in [1.807, 2.05) is 72.8 Å². The summed E-state index contributed by atoms with van der Waals surface area (Å²) < 4.78 is 0. The van der Waals surface area contributed by atoms with E-state index in [0.29, 0.717) is 11.4 Å². The van der Waals surface area contributed by atoms with E-state index in [0.717, 1.165) is 46.6 Å². The van der Waals surface area contributed by atoms with Crippen LogP contribution in [0.15, 0.2) is 97.1 Å². The first-order valence-electron chi connectivity index (χ1n) is 11.8. The molecule has 0 spiro atoms. The Balaban J connectivity index is 1.12. The molecule has 4 N–H and O–H groups in total. The maximum Gasteiger partial charge on any atom is 0.323 e. The van der Waals surface area contributed by atoms with Gasteiger partial charge in [-0.05, 0) is 47.5 Å². The molecule has 2 heterocycles. The van der Waals surface area contributed by atoms with Gasteiger partial charge in [0.25, 0.3) is 0 Å². The lowest BCUT2D eigenvalue weighted by Gasteiger charge is -2.07. The SMILES string of the molecule is O=C(Nc1ccc2nc(Cc3ccccc3)[nH]c2c1)Nc1ccc2nc(Cc3ccccc3)[nH]c2c1. The molecular weight excluding hydrogens is 448 g/mol. The summed E-state index contributed by atoms with van der Waals surface area (Å²) in [6, 6.07) is 31.4. The Hall–Kier alpha value is -4.91. The quantitative estimate of drug-likeness (QED) is 0.230. The van der Waals surface area contributed by atoms with Gasteiger partial charge in [0.15, 0.2) is 0 Å². The maximum atomic E-state index is 12.7. The summed E-state index contributed by atoms with van der Waals surface area (Å²) in [6.07, 6.45) is 1.45. The van der Waals surface area contributed by atoms with Crippen LogP contribution in [0.2, 0.25) is 0 Å². The molecule has 0 aliphatic rings. The standard InChI is InChI=1S/C29H24N6O/c36-29(30-21-11-13-23-25(17-21)34-27(32-23)15-19-7-3-1-4-8-19)31-22-12-14-24-26(18-22)35-28(33-24)16-20-9-5-2-6-10-20/h1-14,17-18H,15-16H2,(H,32,34)(H,33,35)(H2,30,31,36). The minimum atomic E-state index is -0.318. The minimum Gasteiger partial charge on any atom is -0.342 e. The second-order valence-electron chi connectivity index (χ2n) is 8.73. The maximum absolute atomic E-state index is 12.7. The molecule has 0 unspecified atom stereocenters. The number of imidazole rings is 2. The molecule has 7 heteroatoms. The molecule has 0 saturated heterocycles. The number of nitrogens with zero attached hydrogens (tertiary/aromatic N) is 2. The molecule has 36 heavy (non-hydrogen) atoms. The van der Waals surface area contributed by atoms with E-state index in [1.54, 1.807) is 0 Å². The number of carbonyl (C=O) groups is 1. The fourth-order valence-corrected chi connectivity index (χ4v) is 4.32. The van der Waals surface area contributed by atoms with Crippen molar-refractivity contribution in [3.05, 3.63) is 120 Å². The van der Waals surface area contributed by atoms with Crippen LogP contribution in [0.25, 0.3) is 22.1 Å². The molecular formula is C29H24N6O. The summed E-state index contributed by atoms with van der Waals surface area (Å²) in [5.74, 6) is 1.77. The predicted octanol–water partition coefficient (Wildman–Crippen LogP) is 6.26. The van der Waals surface area contributed by atoms with Crippen molar-refractivity contribution in [1.82, 2.24) is 19.9 Å². The summed E-state index contributed by atoms with van der Waals surface area (Å²) in [6.45, 7) is 0. The Kier molecular flexibility index (Phi) is 5.63. The zero-order valence-corrected chi connectivity index (χ0v) is 19.5. The van der Waals surface area contributed by atoms with Gasteiger partial charge in [0.1, 0.15) is 11.6 Å². The molecule has 4 aromatic carbocycles. The fourth-order valence-electron chi connectivity index (χ4n) is 4.32. The van der Waals surface area contributed by atoms with Gasteiger partial charge >= 0.3 is 6.03 Å². The van der Waals surface area contributed by atoms with E-state index in [4.69, 9.17) is 0 Å². The van der Waals surface area contributed by atoms with E-state index >= 15 is 0 Å². The number of benzene rings is 4. The summed E-state index contributed by atoms with van der Waals surface area (Å²) in [5.41, 5.74) is 7.23. The van der Waals surface area contributed by atoms with Crippen molar-refractivity contribution in [3.63, 3.8) is 0 Å². The van der Waals surface area contributed by atoms with Crippen LogP contribution in [0.3, 0.4) is 0 Å². The van der Waals surface area contributed by atoms with E-state index in [2.05, 4.69) is 54.8 Å². The smallest absolute Gasteiger partial charge is 0.323 e. The van der Waals surface area contributed by atoms with Gasteiger partial charge in [-0.2, -0.15) is 0 Å². The van der Waals surface area contributed by atoms with Crippen LogP contribution >= 0.6 is 0 Å². The van der Waals surface area contributed by atoms with Crippen molar-refractivity contribution in [3.8, 4) is 0 Å². The molecule has 2 amide bonds. The lowest BCUT2D eigenvalue weighted by Crippen LogP contribution is -2.19. The fraction of sp³-hybridized carbons (Fsp3) is 0.0690. The van der Waals surface area contributed by atoms with E-state index < -0.39 is 0 Å². The normalized spacial score (nSPS) is 11.1. The number of carbonyl (C=O) groups excluding carboxylic acids is 1. The third-order valence-corrected chi connectivity index (χ3v) is 6.01. The average molecular weight is 473 g/mol. The van der Waals surface area contributed by atoms with Crippen molar-refractivity contribution in [1.29, 1.82) is 0 Å². The molecule has 7 nitrogen and oxygen atoms in total. The largest absolute Gasteiger partial charge is 0.342 e. The van der Waals surface area contributed by atoms with Crippen LogP contribution in [-0.2, 0) is 12.8 Å². The van der Waals surface area contributed by atoms with Gasteiger partial charge in [-0.1, -0.05) is 60.7 Å². The molecule has 0 saturated carbocycles. The van der Waals surface area contributed by atoms with Crippen molar-refractivity contribution in [2.45, 2.75) is 12.8 Å². The average Bonchev–Trinajstić information content (AvgIpc) is 3.47. The number of hydrogen-bond acceptors (Lipinski definition) is 3. The van der Waals surface area contributed by atoms with Gasteiger partial charge < -0.3 is 20.6 Å². The Labute approximate surface area is 207 Å². The summed E-state index contributed by atoms with van der Waals surface area (Å²) in [5, 5.41) is 5.81. The van der Waals surface area contributed by atoms with Gasteiger partial charge in [-0.3, -0.25) is 0 Å². The molecule has 6 rings (SSSR count). The van der Waals surface area contributed by atoms with Crippen molar-refractivity contribution < 1.29 is 4.79 Å². The summed E-state index contributed by atoms with van der Waals surface area (Å²) in [7, 11) is 0. The number of aromatic amines is 2. The second kappa shape index (κ2) is 9.38. The topological polar surface area (TPSA) is 98.5 Å². The summed E-state index contributed by atoms with van der Waals surface area (Å²) in [4.78, 5) is 28.7. The Bertz CT molecular complexity index is 1530. The number of aromatic nitrogens is 4. The van der Waals surface area contributed by atoms with Gasteiger partial charge in [0, 0.05) is 24.2 Å². The number of urea groups is 1. The second-order valence-corrected chi connectivity index (χ2v) is 8.73. The van der Waals surface area contributed by atoms with Crippen LogP contribution in [0, 0.1) is 0 Å². The van der Waals surface area contributed by atoms with Gasteiger partial charge in [-0.25, -0.2) is 14.8 Å². The highest BCUT2D eigenvalue weighted by Crippen LogP contribution is 2.21. The molecule has 0 bridgehead atoms. The Morgan fingerprint density at radius 1 is 0.611 bits per heavy atom. The van der Waals surface area contributed by atoms with Crippen molar-refractivity contribution >= 4 is 39.5 Å². The zero-order chi connectivity index (χ0) is 24.3. The van der Waals surface area contributed by atoms with Crippen LogP contribution in [0.5, 0.6) is 0 Å². The Morgan fingerprint density at radius 3 is 1.50 bits per heavy atom. The molecule has 0 radical (unpaired) electrons. The van der Waals surface area contributed by atoms with Crippen LogP contribution in [-0.4, -0.2) is 26.0 Å². The number of hydrogen-bond donors (Lipinski definition) is 4. The first-order chi connectivity index (χ1) is 17.7. The van der Waals surface area contributed by atoms with E-state index in [9.17, 15) is 4.79 Å². The highest BCUT2D eigenvalue weighted by atomic mass is 16.2. The van der Waals surface area contributed by atoms with Crippen molar-refractivity contribution in [2.75, 3.05) is 10.6 Å². The van der Waals surface area contributed by atoms with Crippen LogP contribution in [0.4, 0.5) is 16.2 Å². The Morgan fingerprint density at radius 2 is 1.06 bits per heavy atom. The predicted molar refractivity (Wildman–Crippen MR) is 143 cm³/mol. The number of H-pyrrole nitrogens is 2. The number of nitrogens with one attached hydrogen (secondary N) is 4. The van der Waals surface area contributed by atoms with E-state index in [1.165, 1.54) is 11.1 Å². The first-order valence-corrected chi connectivity index (χ1v) is 11.8.